The molecular weight excluding hydrogens is 649 g/mol. The molecule has 0 aliphatic rings. The lowest BCUT2D eigenvalue weighted by Crippen LogP contribution is -2.20. The number of unbranched alkanes of at least 4 members (excludes halogenated alkanes) is 2. The van der Waals surface area contributed by atoms with Crippen molar-refractivity contribution in [3.8, 4) is 28.0 Å². The van der Waals surface area contributed by atoms with Crippen molar-refractivity contribution in [1.29, 1.82) is 0 Å². The average Bonchev–Trinajstić information content (AvgIpc) is 3.11. The molecule has 282 valence electrons. The van der Waals surface area contributed by atoms with Crippen LogP contribution in [0.4, 0.5) is 0 Å². The molecule has 3 aromatic rings. The number of carbonyl (C=O) groups excluding carboxylic acids is 2. The summed E-state index contributed by atoms with van der Waals surface area (Å²) in [6.07, 6.45) is 9.04. The molecule has 0 saturated heterocycles. The van der Waals surface area contributed by atoms with Gasteiger partial charge in [-0.1, -0.05) is 82.3 Å². The molecule has 0 aliphatic carbocycles. The van der Waals surface area contributed by atoms with Crippen LogP contribution in [0.3, 0.4) is 0 Å². The molecule has 0 amide bonds. The van der Waals surface area contributed by atoms with Crippen molar-refractivity contribution in [2.75, 3.05) is 26.4 Å². The first-order valence-corrected chi connectivity index (χ1v) is 19.1. The summed E-state index contributed by atoms with van der Waals surface area (Å²) in [6, 6.07) is 20.2. The van der Waals surface area contributed by atoms with Crippen LogP contribution in [0.25, 0.3) is 22.3 Å². The van der Waals surface area contributed by atoms with Gasteiger partial charge in [-0.2, -0.15) is 0 Å². The maximum Gasteiger partial charge on any atom is 0.333 e. The summed E-state index contributed by atoms with van der Waals surface area (Å²) in [6.45, 7) is 22.9. The predicted octanol–water partition coefficient (Wildman–Crippen LogP) is 11.0. The molecule has 0 unspecified atom stereocenters. The van der Waals surface area contributed by atoms with Gasteiger partial charge >= 0.3 is 11.9 Å². The van der Waals surface area contributed by atoms with Gasteiger partial charge in [-0.3, -0.25) is 0 Å². The van der Waals surface area contributed by atoms with Crippen LogP contribution in [0.1, 0.15) is 109 Å². The Morgan fingerprint density at radius 1 is 0.615 bits per heavy atom. The van der Waals surface area contributed by atoms with E-state index in [0.717, 1.165) is 41.7 Å². The normalized spacial score (nSPS) is 11.3. The van der Waals surface area contributed by atoms with E-state index in [1.807, 2.05) is 20.8 Å². The Morgan fingerprint density at radius 3 is 1.69 bits per heavy atom. The van der Waals surface area contributed by atoms with Crippen LogP contribution in [0.15, 0.2) is 78.9 Å². The van der Waals surface area contributed by atoms with Gasteiger partial charge in [0.25, 0.3) is 0 Å². The van der Waals surface area contributed by atoms with Gasteiger partial charge in [0.2, 0.25) is 0 Å². The molecule has 6 nitrogen and oxygen atoms in total. The summed E-state index contributed by atoms with van der Waals surface area (Å²) in [5.74, 6) is 0.0754. The topological polar surface area (TPSA) is 71.1 Å². The zero-order chi connectivity index (χ0) is 38.1. The first-order valence-electron chi connectivity index (χ1n) is 19.1. The Bertz CT molecular complexity index is 1570. The number of esters is 2. The second-order valence-electron chi connectivity index (χ2n) is 14.7. The minimum Gasteiger partial charge on any atom is -0.493 e. The molecule has 0 radical (unpaired) electrons. The molecule has 0 spiro atoms. The fourth-order valence-corrected chi connectivity index (χ4v) is 5.97. The Hall–Kier alpha value is -4.16. The monoisotopic (exact) mass is 710 g/mol. The number of carbonyl (C=O) groups is 2. The largest absolute Gasteiger partial charge is 0.493 e. The molecule has 0 saturated carbocycles. The van der Waals surface area contributed by atoms with Crippen molar-refractivity contribution in [3.63, 3.8) is 0 Å². The average molecular weight is 711 g/mol. The zero-order valence-electron chi connectivity index (χ0n) is 33.0. The number of rotatable bonds is 22. The van der Waals surface area contributed by atoms with Crippen LogP contribution < -0.4 is 4.74 Å². The van der Waals surface area contributed by atoms with Crippen molar-refractivity contribution < 1.29 is 28.5 Å². The second-order valence-corrected chi connectivity index (χ2v) is 14.7. The van der Waals surface area contributed by atoms with Gasteiger partial charge in [0.1, 0.15) is 5.75 Å². The molecule has 6 heteroatoms. The molecule has 3 rings (SSSR count). The number of ether oxygens (including phenoxy) is 4. The Kier molecular flexibility index (Phi) is 17.4. The predicted molar refractivity (Wildman–Crippen MR) is 214 cm³/mol. The summed E-state index contributed by atoms with van der Waals surface area (Å²) in [7, 11) is 0. The molecule has 0 fully saturated rings. The standard InChI is InChI=1S/C46H62O6/c1-10-12-13-17-35-20-22-37(23-21-35)38-24-25-42(36(11-2)30-38)41-31-39(18-14-26-50-44(47)33(3)4)43(49-28-16-29-52-46(7,8)9)40(32-41)19-15-27-51-45(48)34(5)6/h20-25,30-32H,3,5,10-19,26-29H2,1-2,4,6-9H3. The maximum absolute atomic E-state index is 12.1. The lowest BCUT2D eigenvalue weighted by atomic mass is 9.89. The van der Waals surface area contributed by atoms with E-state index < -0.39 is 0 Å². The lowest BCUT2D eigenvalue weighted by Gasteiger charge is -2.21. The van der Waals surface area contributed by atoms with E-state index in [1.54, 1.807) is 13.8 Å². The van der Waals surface area contributed by atoms with E-state index in [9.17, 15) is 9.59 Å². The highest BCUT2D eigenvalue weighted by molar-refractivity contribution is 5.87. The van der Waals surface area contributed by atoms with Crippen LogP contribution in [0, 0.1) is 0 Å². The first kappa shape index (κ1) is 42.3. The number of benzene rings is 3. The summed E-state index contributed by atoms with van der Waals surface area (Å²) < 4.78 is 23.4. The van der Waals surface area contributed by atoms with Crippen molar-refractivity contribution in [2.24, 2.45) is 0 Å². The van der Waals surface area contributed by atoms with Gasteiger partial charge in [0.15, 0.2) is 0 Å². The van der Waals surface area contributed by atoms with Crippen molar-refractivity contribution in [1.82, 2.24) is 0 Å². The molecular formula is C46H62O6. The maximum atomic E-state index is 12.1. The van der Waals surface area contributed by atoms with E-state index in [4.69, 9.17) is 18.9 Å². The molecule has 52 heavy (non-hydrogen) atoms. The van der Waals surface area contributed by atoms with E-state index in [0.29, 0.717) is 50.0 Å². The van der Waals surface area contributed by atoms with Crippen molar-refractivity contribution >= 4 is 11.9 Å². The van der Waals surface area contributed by atoms with Gasteiger partial charge in [0.05, 0.1) is 32.0 Å². The molecule has 0 atom stereocenters. The van der Waals surface area contributed by atoms with Crippen LogP contribution in [-0.2, 0) is 49.5 Å². The summed E-state index contributed by atoms with van der Waals surface area (Å²) in [4.78, 5) is 24.2. The van der Waals surface area contributed by atoms with Gasteiger partial charge in [-0.05, 0) is 136 Å². The minimum atomic E-state index is -0.382. The summed E-state index contributed by atoms with van der Waals surface area (Å²) >= 11 is 0. The van der Waals surface area contributed by atoms with Crippen molar-refractivity contribution in [3.05, 3.63) is 101 Å². The third-order valence-corrected chi connectivity index (χ3v) is 8.81. The Labute approximate surface area is 313 Å². The number of hydrogen-bond acceptors (Lipinski definition) is 6. The van der Waals surface area contributed by atoms with Gasteiger partial charge in [-0.15, -0.1) is 0 Å². The van der Waals surface area contributed by atoms with Crippen LogP contribution in [0.5, 0.6) is 5.75 Å². The highest BCUT2D eigenvalue weighted by Gasteiger charge is 2.17. The lowest BCUT2D eigenvalue weighted by molar-refractivity contribution is -0.139. The van der Waals surface area contributed by atoms with Gasteiger partial charge < -0.3 is 18.9 Å². The molecule has 0 aliphatic heterocycles. The van der Waals surface area contributed by atoms with Crippen molar-refractivity contribution in [2.45, 2.75) is 118 Å². The number of hydrogen-bond donors (Lipinski definition) is 0. The summed E-state index contributed by atoms with van der Waals surface area (Å²) in [5.41, 5.74) is 10.0. The van der Waals surface area contributed by atoms with Crippen LogP contribution in [0.2, 0.25) is 0 Å². The highest BCUT2D eigenvalue weighted by Crippen LogP contribution is 2.36. The quantitative estimate of drug-likeness (QED) is 0.0587. The highest BCUT2D eigenvalue weighted by atomic mass is 16.5. The molecule has 0 N–H and O–H groups in total. The third-order valence-electron chi connectivity index (χ3n) is 8.81. The van der Waals surface area contributed by atoms with E-state index in [2.05, 4.69) is 81.6 Å². The van der Waals surface area contributed by atoms with Gasteiger partial charge in [0, 0.05) is 17.6 Å². The molecule has 0 aromatic heterocycles. The van der Waals surface area contributed by atoms with Gasteiger partial charge in [-0.25, -0.2) is 9.59 Å². The van der Waals surface area contributed by atoms with E-state index in [-0.39, 0.29) is 30.8 Å². The molecule has 0 heterocycles. The zero-order valence-corrected chi connectivity index (χ0v) is 33.0. The fourth-order valence-electron chi connectivity index (χ4n) is 5.97. The number of aryl methyl sites for hydroxylation is 4. The third kappa shape index (κ3) is 14.1. The Balaban J connectivity index is 1.98. The first-order chi connectivity index (χ1) is 24.8. The smallest absolute Gasteiger partial charge is 0.333 e. The molecule has 3 aromatic carbocycles. The Morgan fingerprint density at radius 2 is 1.17 bits per heavy atom. The summed E-state index contributed by atoms with van der Waals surface area (Å²) in [5, 5.41) is 0. The van der Waals surface area contributed by atoms with E-state index in [1.165, 1.54) is 47.1 Å². The minimum absolute atomic E-state index is 0.218. The van der Waals surface area contributed by atoms with Crippen LogP contribution in [-0.4, -0.2) is 44.0 Å². The second kappa shape index (κ2) is 21.4. The van der Waals surface area contributed by atoms with Crippen LogP contribution >= 0.6 is 0 Å². The molecule has 0 bridgehead atoms. The van der Waals surface area contributed by atoms with E-state index >= 15 is 0 Å². The fraction of sp³-hybridized carbons (Fsp3) is 0.478. The SMILES string of the molecule is C=C(C)C(=O)OCCCc1cc(-c2ccc(-c3ccc(CCCCC)cc3)cc2CC)cc(CCCOC(=O)C(=C)C)c1OCCCOC(C)(C)C.